The van der Waals surface area contributed by atoms with Gasteiger partial charge in [0.05, 0.1) is 5.92 Å². The second-order valence-corrected chi connectivity index (χ2v) is 6.75. The van der Waals surface area contributed by atoms with Crippen LogP contribution in [0.5, 0.6) is 0 Å². The highest BCUT2D eigenvalue weighted by atomic mass is 16.4. The van der Waals surface area contributed by atoms with Gasteiger partial charge >= 0.3 is 5.97 Å². The topological polar surface area (TPSA) is 78.4 Å². The Morgan fingerprint density at radius 1 is 1.37 bits per heavy atom. The molecule has 1 saturated heterocycles. The van der Waals surface area contributed by atoms with E-state index >= 15 is 0 Å². The van der Waals surface area contributed by atoms with Gasteiger partial charge in [0.1, 0.15) is 0 Å². The molecule has 0 radical (unpaired) electrons. The average molecular weight is 270 g/mol. The fraction of sp³-hybridized carbons (Fsp3) is 0.857. The molecule has 1 rings (SSSR count). The smallest absolute Gasteiger partial charge is 0.308 e. The van der Waals surface area contributed by atoms with Crippen LogP contribution in [-0.2, 0) is 9.59 Å². The molecule has 0 saturated carbocycles. The molecule has 5 heteroatoms. The van der Waals surface area contributed by atoms with Crippen LogP contribution in [0.25, 0.3) is 0 Å². The molecule has 0 aliphatic carbocycles. The van der Waals surface area contributed by atoms with Gasteiger partial charge in [-0.1, -0.05) is 27.7 Å². The maximum Gasteiger partial charge on any atom is 0.308 e. The van der Waals surface area contributed by atoms with E-state index in [0.29, 0.717) is 12.3 Å². The highest BCUT2D eigenvalue weighted by molar-refractivity contribution is 5.79. The van der Waals surface area contributed by atoms with E-state index < -0.39 is 11.9 Å². The summed E-state index contributed by atoms with van der Waals surface area (Å²) in [7, 11) is 0. The number of carboxylic acid groups (broad SMARTS) is 1. The van der Waals surface area contributed by atoms with Crippen LogP contribution in [0.15, 0.2) is 0 Å². The molecule has 1 heterocycles. The Bertz CT molecular complexity index is 332. The number of hydrogen-bond acceptors (Lipinski definition) is 3. The van der Waals surface area contributed by atoms with Crippen molar-refractivity contribution in [2.75, 3.05) is 19.6 Å². The third-order valence-electron chi connectivity index (χ3n) is 3.66. The van der Waals surface area contributed by atoms with Crippen LogP contribution < -0.4 is 10.6 Å². The van der Waals surface area contributed by atoms with Gasteiger partial charge in [-0.25, -0.2) is 0 Å². The minimum absolute atomic E-state index is 0.0355. The molecular formula is C14H26N2O3. The van der Waals surface area contributed by atoms with Gasteiger partial charge in [-0.15, -0.1) is 0 Å². The van der Waals surface area contributed by atoms with Crippen molar-refractivity contribution in [3.8, 4) is 0 Å². The van der Waals surface area contributed by atoms with E-state index in [1.807, 2.05) is 27.7 Å². The molecule has 1 aliphatic rings. The minimum Gasteiger partial charge on any atom is -0.481 e. The van der Waals surface area contributed by atoms with Crippen molar-refractivity contribution in [1.82, 2.24) is 10.6 Å². The third kappa shape index (κ3) is 5.19. The van der Waals surface area contributed by atoms with Crippen LogP contribution >= 0.6 is 0 Å². The monoisotopic (exact) mass is 270 g/mol. The van der Waals surface area contributed by atoms with E-state index in [4.69, 9.17) is 0 Å². The van der Waals surface area contributed by atoms with E-state index in [-0.39, 0.29) is 23.8 Å². The van der Waals surface area contributed by atoms with Gasteiger partial charge in [-0.3, -0.25) is 9.59 Å². The van der Waals surface area contributed by atoms with E-state index in [2.05, 4.69) is 10.6 Å². The summed E-state index contributed by atoms with van der Waals surface area (Å²) in [6.45, 7) is 9.89. The summed E-state index contributed by atoms with van der Waals surface area (Å²) in [6.07, 6.45) is 0.558. The molecule has 5 nitrogen and oxygen atoms in total. The second kappa shape index (κ2) is 6.37. The zero-order chi connectivity index (χ0) is 14.6. The number of carbonyl (C=O) groups excluding carboxylic acids is 1. The fourth-order valence-electron chi connectivity index (χ4n) is 2.25. The number of aliphatic carboxylic acids is 1. The molecule has 110 valence electrons. The third-order valence-corrected chi connectivity index (χ3v) is 3.66. The number of carboxylic acids is 1. The molecule has 0 spiro atoms. The summed E-state index contributed by atoms with van der Waals surface area (Å²) in [5.41, 5.74) is -0.0582. The lowest BCUT2D eigenvalue weighted by Gasteiger charge is -2.32. The predicted molar refractivity (Wildman–Crippen MR) is 73.7 cm³/mol. The Kier molecular flexibility index (Phi) is 5.35. The minimum atomic E-state index is -0.840. The van der Waals surface area contributed by atoms with Gasteiger partial charge in [0.2, 0.25) is 5.91 Å². The van der Waals surface area contributed by atoms with E-state index in [1.165, 1.54) is 0 Å². The number of nitrogens with one attached hydrogen (secondary N) is 2. The fourth-order valence-corrected chi connectivity index (χ4v) is 2.25. The first-order valence-electron chi connectivity index (χ1n) is 6.92. The summed E-state index contributed by atoms with van der Waals surface area (Å²) >= 11 is 0. The van der Waals surface area contributed by atoms with Crippen LogP contribution in [0, 0.1) is 23.2 Å². The lowest BCUT2D eigenvalue weighted by molar-refractivity contribution is -0.142. The van der Waals surface area contributed by atoms with Gasteiger partial charge in [0.25, 0.3) is 0 Å². The van der Waals surface area contributed by atoms with Crippen LogP contribution in [0.2, 0.25) is 0 Å². The largest absolute Gasteiger partial charge is 0.481 e. The normalized spacial score (nSPS) is 19.4. The van der Waals surface area contributed by atoms with Gasteiger partial charge in [0, 0.05) is 12.5 Å². The maximum atomic E-state index is 11.9. The standard InChI is InChI=1S/C14H26N2O3/c1-9(11-6-15-7-11)12(17)16-8-10(13(18)19)5-14(2,3)4/h9-11,15H,5-8H2,1-4H3,(H,16,17)(H,18,19). The zero-order valence-corrected chi connectivity index (χ0v) is 12.3. The summed E-state index contributed by atoms with van der Waals surface area (Å²) in [6, 6.07) is 0. The molecule has 19 heavy (non-hydrogen) atoms. The first kappa shape index (κ1) is 16.0. The van der Waals surface area contributed by atoms with Gasteiger partial charge in [-0.2, -0.15) is 0 Å². The number of amides is 1. The SMILES string of the molecule is CC(C(=O)NCC(CC(C)(C)C)C(=O)O)C1CNC1. The first-order chi connectivity index (χ1) is 8.70. The number of hydrogen-bond donors (Lipinski definition) is 3. The number of carbonyl (C=O) groups is 2. The number of rotatable bonds is 6. The summed E-state index contributed by atoms with van der Waals surface area (Å²) in [5.74, 6) is -1.06. The Morgan fingerprint density at radius 2 is 1.95 bits per heavy atom. The van der Waals surface area contributed by atoms with Crippen molar-refractivity contribution >= 4 is 11.9 Å². The van der Waals surface area contributed by atoms with Crippen molar-refractivity contribution in [3.63, 3.8) is 0 Å². The lowest BCUT2D eigenvalue weighted by Crippen LogP contribution is -2.50. The van der Waals surface area contributed by atoms with E-state index in [1.54, 1.807) is 0 Å². The highest BCUT2D eigenvalue weighted by Crippen LogP contribution is 2.24. The van der Waals surface area contributed by atoms with Crippen molar-refractivity contribution in [1.29, 1.82) is 0 Å². The molecule has 0 bridgehead atoms. The van der Waals surface area contributed by atoms with Crippen molar-refractivity contribution < 1.29 is 14.7 Å². The summed E-state index contributed by atoms with van der Waals surface area (Å²) in [4.78, 5) is 23.1. The zero-order valence-electron chi connectivity index (χ0n) is 12.3. The van der Waals surface area contributed by atoms with E-state index in [0.717, 1.165) is 13.1 Å². The molecule has 2 atom stereocenters. The quantitative estimate of drug-likeness (QED) is 0.675. The summed E-state index contributed by atoms with van der Waals surface area (Å²) < 4.78 is 0. The molecule has 1 amide bonds. The van der Waals surface area contributed by atoms with Gasteiger partial charge in [-0.05, 0) is 30.8 Å². The van der Waals surface area contributed by atoms with Crippen molar-refractivity contribution in [2.24, 2.45) is 23.2 Å². The van der Waals surface area contributed by atoms with Gasteiger partial charge < -0.3 is 15.7 Å². The van der Waals surface area contributed by atoms with Crippen LogP contribution in [0.1, 0.15) is 34.1 Å². The second-order valence-electron chi connectivity index (χ2n) is 6.75. The van der Waals surface area contributed by atoms with Crippen LogP contribution in [0.4, 0.5) is 0 Å². The van der Waals surface area contributed by atoms with Crippen molar-refractivity contribution in [2.45, 2.75) is 34.1 Å². The molecule has 0 aromatic heterocycles. The van der Waals surface area contributed by atoms with Crippen molar-refractivity contribution in [3.05, 3.63) is 0 Å². The van der Waals surface area contributed by atoms with Crippen LogP contribution in [0.3, 0.4) is 0 Å². The lowest BCUT2D eigenvalue weighted by atomic mass is 9.84. The molecule has 2 unspecified atom stereocenters. The average Bonchev–Trinajstić information content (AvgIpc) is 2.19. The molecule has 1 aliphatic heterocycles. The highest BCUT2D eigenvalue weighted by Gasteiger charge is 2.30. The Hall–Kier alpha value is -1.10. The molecule has 0 aromatic carbocycles. The Morgan fingerprint density at radius 3 is 2.32 bits per heavy atom. The van der Waals surface area contributed by atoms with Crippen LogP contribution in [-0.4, -0.2) is 36.6 Å². The molecule has 3 N–H and O–H groups in total. The Balaban J connectivity index is 2.42. The first-order valence-corrected chi connectivity index (χ1v) is 6.92. The Labute approximate surface area is 115 Å². The van der Waals surface area contributed by atoms with E-state index in [9.17, 15) is 14.7 Å². The molecule has 0 aromatic rings. The maximum absolute atomic E-state index is 11.9. The molecular weight excluding hydrogens is 244 g/mol. The molecule has 1 fully saturated rings. The van der Waals surface area contributed by atoms with Gasteiger partial charge in [0.15, 0.2) is 0 Å². The summed E-state index contributed by atoms with van der Waals surface area (Å²) in [5, 5.41) is 15.1. The predicted octanol–water partition coefficient (Wildman–Crippen LogP) is 1.10.